The van der Waals surface area contributed by atoms with Gasteiger partial charge in [0.2, 0.25) is 11.8 Å². The molecule has 0 saturated carbocycles. The predicted octanol–water partition coefficient (Wildman–Crippen LogP) is 2.12. The Morgan fingerprint density at radius 2 is 2.08 bits per heavy atom. The summed E-state index contributed by atoms with van der Waals surface area (Å²) in [6, 6.07) is 8.39. The maximum absolute atomic E-state index is 12.9. The van der Waals surface area contributed by atoms with Crippen molar-refractivity contribution in [3.8, 4) is 0 Å². The van der Waals surface area contributed by atoms with E-state index in [1.165, 1.54) is 17.4 Å². The molecule has 7 heteroatoms. The van der Waals surface area contributed by atoms with Gasteiger partial charge in [0.05, 0.1) is 23.2 Å². The highest BCUT2D eigenvalue weighted by atomic mass is 16.3. The molecule has 3 rings (SSSR count). The van der Waals surface area contributed by atoms with E-state index in [9.17, 15) is 14.4 Å². The van der Waals surface area contributed by atoms with E-state index < -0.39 is 0 Å². The molecule has 1 aliphatic rings. The Morgan fingerprint density at radius 1 is 1.32 bits per heavy atom. The number of amides is 3. The summed E-state index contributed by atoms with van der Waals surface area (Å²) in [6.45, 7) is 1.72. The van der Waals surface area contributed by atoms with Crippen LogP contribution in [-0.2, 0) is 9.59 Å². The van der Waals surface area contributed by atoms with Crippen molar-refractivity contribution in [3.63, 3.8) is 0 Å². The third kappa shape index (κ3) is 3.40. The van der Waals surface area contributed by atoms with Crippen molar-refractivity contribution in [1.29, 1.82) is 0 Å². The quantitative estimate of drug-likeness (QED) is 0.927. The summed E-state index contributed by atoms with van der Waals surface area (Å²) >= 11 is 0. The van der Waals surface area contributed by atoms with Gasteiger partial charge in [-0.3, -0.25) is 14.4 Å². The van der Waals surface area contributed by atoms with Gasteiger partial charge in [-0.25, -0.2) is 0 Å². The lowest BCUT2D eigenvalue weighted by Gasteiger charge is -2.29. The SMILES string of the molecule is C[C@@H]1CC(=O)Nc2ccccc2N1C(=O)CN(C)C(=O)c1ccoc1. The van der Waals surface area contributed by atoms with Crippen LogP contribution in [0.15, 0.2) is 47.3 Å². The molecule has 0 bridgehead atoms. The smallest absolute Gasteiger partial charge is 0.257 e. The number of carbonyl (C=O) groups excluding carboxylic acids is 3. The van der Waals surface area contributed by atoms with E-state index in [4.69, 9.17) is 4.42 Å². The monoisotopic (exact) mass is 341 g/mol. The molecule has 1 aromatic carbocycles. The summed E-state index contributed by atoms with van der Waals surface area (Å²) < 4.78 is 4.91. The maximum Gasteiger partial charge on any atom is 0.257 e. The highest BCUT2D eigenvalue weighted by Crippen LogP contribution is 2.31. The van der Waals surface area contributed by atoms with Gasteiger partial charge in [-0.15, -0.1) is 0 Å². The predicted molar refractivity (Wildman–Crippen MR) is 92.3 cm³/mol. The number of para-hydroxylation sites is 2. The van der Waals surface area contributed by atoms with Crippen LogP contribution in [0.25, 0.3) is 0 Å². The van der Waals surface area contributed by atoms with E-state index in [2.05, 4.69) is 5.32 Å². The number of fused-ring (bicyclic) bond motifs is 1. The maximum atomic E-state index is 12.9. The Balaban J connectivity index is 1.83. The molecule has 130 valence electrons. The van der Waals surface area contributed by atoms with E-state index >= 15 is 0 Å². The van der Waals surface area contributed by atoms with Gasteiger partial charge in [0, 0.05) is 19.5 Å². The second-order valence-electron chi connectivity index (χ2n) is 6.06. The minimum atomic E-state index is -0.312. The van der Waals surface area contributed by atoms with Gasteiger partial charge in [-0.05, 0) is 25.1 Å². The van der Waals surface area contributed by atoms with Gasteiger partial charge in [-0.1, -0.05) is 12.1 Å². The summed E-state index contributed by atoms with van der Waals surface area (Å²) in [7, 11) is 1.56. The number of carbonyl (C=O) groups is 3. The van der Waals surface area contributed by atoms with Crippen molar-refractivity contribution in [1.82, 2.24) is 4.90 Å². The number of hydrogen-bond donors (Lipinski definition) is 1. The summed E-state index contributed by atoms with van der Waals surface area (Å²) in [6.07, 6.45) is 2.95. The number of likely N-dealkylation sites (N-methyl/N-ethyl adjacent to an activating group) is 1. The molecule has 25 heavy (non-hydrogen) atoms. The second kappa shape index (κ2) is 6.80. The van der Waals surface area contributed by atoms with E-state index in [1.54, 1.807) is 36.2 Å². The number of hydrogen-bond acceptors (Lipinski definition) is 4. The van der Waals surface area contributed by atoms with Gasteiger partial charge in [0.1, 0.15) is 12.8 Å². The van der Waals surface area contributed by atoms with Crippen LogP contribution in [0.3, 0.4) is 0 Å². The minimum absolute atomic E-state index is 0.100. The van der Waals surface area contributed by atoms with Crippen LogP contribution in [0, 0.1) is 0 Å². The molecule has 2 heterocycles. The molecule has 7 nitrogen and oxygen atoms in total. The van der Waals surface area contributed by atoms with Crippen molar-refractivity contribution in [2.24, 2.45) is 0 Å². The molecule has 3 amide bonds. The average Bonchev–Trinajstić information content (AvgIpc) is 3.06. The molecule has 0 radical (unpaired) electrons. The fourth-order valence-corrected chi connectivity index (χ4v) is 2.93. The number of benzene rings is 1. The van der Waals surface area contributed by atoms with Crippen molar-refractivity contribution >= 4 is 29.1 Å². The van der Waals surface area contributed by atoms with E-state index in [-0.39, 0.29) is 36.7 Å². The Kier molecular flexibility index (Phi) is 4.56. The molecule has 1 atom stereocenters. The minimum Gasteiger partial charge on any atom is -0.472 e. The van der Waals surface area contributed by atoms with Crippen LogP contribution < -0.4 is 10.2 Å². The first-order chi connectivity index (χ1) is 12.0. The van der Waals surface area contributed by atoms with Crippen LogP contribution >= 0.6 is 0 Å². The molecule has 0 aliphatic carbocycles. The van der Waals surface area contributed by atoms with E-state index in [1.807, 2.05) is 13.0 Å². The highest BCUT2D eigenvalue weighted by molar-refractivity contribution is 6.06. The first kappa shape index (κ1) is 16.8. The van der Waals surface area contributed by atoms with Crippen molar-refractivity contribution in [2.75, 3.05) is 23.8 Å². The van der Waals surface area contributed by atoms with Gasteiger partial charge < -0.3 is 19.5 Å². The van der Waals surface area contributed by atoms with Gasteiger partial charge in [-0.2, -0.15) is 0 Å². The fraction of sp³-hybridized carbons (Fsp3) is 0.278. The summed E-state index contributed by atoms with van der Waals surface area (Å²) in [5.41, 5.74) is 1.61. The summed E-state index contributed by atoms with van der Waals surface area (Å²) in [5.74, 6) is -0.694. The number of nitrogens with zero attached hydrogens (tertiary/aromatic N) is 2. The van der Waals surface area contributed by atoms with Gasteiger partial charge in [0.15, 0.2) is 0 Å². The normalized spacial score (nSPS) is 16.6. The molecule has 0 spiro atoms. The Morgan fingerprint density at radius 3 is 2.80 bits per heavy atom. The number of anilines is 2. The largest absolute Gasteiger partial charge is 0.472 e. The summed E-state index contributed by atoms with van der Waals surface area (Å²) in [5, 5.41) is 2.81. The molecule has 0 saturated heterocycles. The molecule has 0 fully saturated rings. The Bertz CT molecular complexity index is 800. The fourth-order valence-electron chi connectivity index (χ4n) is 2.93. The lowest BCUT2D eigenvalue weighted by molar-refractivity contribution is -0.119. The molecule has 1 aromatic heterocycles. The number of furan rings is 1. The van der Waals surface area contributed by atoms with Crippen molar-refractivity contribution < 1.29 is 18.8 Å². The van der Waals surface area contributed by atoms with E-state index in [0.717, 1.165) is 0 Å². The van der Waals surface area contributed by atoms with Crippen LogP contribution in [-0.4, -0.2) is 42.3 Å². The van der Waals surface area contributed by atoms with Crippen LogP contribution in [0.2, 0.25) is 0 Å². The highest BCUT2D eigenvalue weighted by Gasteiger charge is 2.30. The third-order valence-corrected chi connectivity index (χ3v) is 4.12. The van der Waals surface area contributed by atoms with Crippen LogP contribution in [0.4, 0.5) is 11.4 Å². The Hall–Kier alpha value is -3.09. The lowest BCUT2D eigenvalue weighted by Crippen LogP contribution is -2.45. The molecule has 1 aliphatic heterocycles. The first-order valence-corrected chi connectivity index (χ1v) is 7.96. The topological polar surface area (TPSA) is 82.9 Å². The zero-order valence-electron chi connectivity index (χ0n) is 14.1. The van der Waals surface area contributed by atoms with Crippen molar-refractivity contribution in [2.45, 2.75) is 19.4 Å². The molecular formula is C18H19N3O4. The second-order valence-corrected chi connectivity index (χ2v) is 6.06. The first-order valence-electron chi connectivity index (χ1n) is 7.96. The van der Waals surface area contributed by atoms with Gasteiger partial charge in [0.25, 0.3) is 5.91 Å². The van der Waals surface area contributed by atoms with Crippen molar-refractivity contribution in [3.05, 3.63) is 48.4 Å². The van der Waals surface area contributed by atoms with Crippen LogP contribution in [0.1, 0.15) is 23.7 Å². The Labute approximate surface area is 145 Å². The number of nitrogens with one attached hydrogen (secondary N) is 1. The summed E-state index contributed by atoms with van der Waals surface area (Å²) in [4.78, 5) is 40.1. The van der Waals surface area contributed by atoms with E-state index in [0.29, 0.717) is 16.9 Å². The molecule has 0 unspecified atom stereocenters. The lowest BCUT2D eigenvalue weighted by atomic mass is 10.1. The zero-order valence-corrected chi connectivity index (χ0v) is 14.1. The molecular weight excluding hydrogens is 322 g/mol. The van der Waals surface area contributed by atoms with Gasteiger partial charge >= 0.3 is 0 Å². The standard InChI is InChI=1S/C18H19N3O4/c1-12-9-16(22)19-14-5-3-4-6-15(14)21(12)17(23)10-20(2)18(24)13-7-8-25-11-13/h3-8,11-12H,9-10H2,1-2H3,(H,19,22)/t12-/m1/s1. The van der Waals surface area contributed by atoms with Crippen LogP contribution in [0.5, 0.6) is 0 Å². The zero-order chi connectivity index (χ0) is 18.0. The number of rotatable bonds is 3. The average molecular weight is 341 g/mol. The molecule has 1 N–H and O–H groups in total. The molecule has 2 aromatic rings. The third-order valence-electron chi connectivity index (χ3n) is 4.12.